The first-order chi connectivity index (χ1) is 15.5. The normalized spacial score (nSPS) is 17.3. The van der Waals surface area contributed by atoms with Gasteiger partial charge in [0, 0.05) is 32.7 Å². The molecule has 1 saturated heterocycles. The molecular formula is C23H29F3N2O4S. The minimum atomic E-state index is -4.61. The molecule has 0 aliphatic carbocycles. The molecule has 1 aliphatic heterocycles. The Bertz CT molecular complexity index is 1040. The zero-order valence-electron chi connectivity index (χ0n) is 18.6. The maximum absolute atomic E-state index is 13.0. The van der Waals surface area contributed by atoms with Gasteiger partial charge in [-0.05, 0) is 35.7 Å². The van der Waals surface area contributed by atoms with Gasteiger partial charge in [-0.3, -0.25) is 4.90 Å². The molecule has 2 aromatic carbocycles. The number of nitrogens with zero attached hydrogens (tertiary/aromatic N) is 2. The Kier molecular flexibility index (Phi) is 8.04. The van der Waals surface area contributed by atoms with Gasteiger partial charge in [0.25, 0.3) is 0 Å². The first kappa shape index (κ1) is 25.5. The van der Waals surface area contributed by atoms with Crippen molar-refractivity contribution in [1.82, 2.24) is 9.21 Å². The molecule has 0 saturated carbocycles. The van der Waals surface area contributed by atoms with Gasteiger partial charge in [0.2, 0.25) is 10.0 Å². The maximum atomic E-state index is 13.0. The Morgan fingerprint density at radius 1 is 1.03 bits per heavy atom. The predicted molar refractivity (Wildman–Crippen MR) is 119 cm³/mol. The highest BCUT2D eigenvalue weighted by Crippen LogP contribution is 2.31. The lowest BCUT2D eigenvalue weighted by Gasteiger charge is -2.35. The SMILES string of the molecule is CC(C)c1ccccc1OCC(O)CN1CCN(S(=O)(=O)c2cccc(C(F)(F)F)c2)CC1. The topological polar surface area (TPSA) is 70.1 Å². The zero-order valence-corrected chi connectivity index (χ0v) is 19.4. The van der Waals surface area contributed by atoms with Gasteiger partial charge in [-0.1, -0.05) is 38.1 Å². The highest BCUT2D eigenvalue weighted by molar-refractivity contribution is 7.89. The summed E-state index contributed by atoms with van der Waals surface area (Å²) in [5.74, 6) is 1.01. The summed E-state index contributed by atoms with van der Waals surface area (Å²) in [6.45, 7) is 5.51. The van der Waals surface area contributed by atoms with Crippen LogP contribution >= 0.6 is 0 Å². The Morgan fingerprint density at radius 2 is 1.70 bits per heavy atom. The lowest BCUT2D eigenvalue weighted by Crippen LogP contribution is -2.50. The van der Waals surface area contributed by atoms with Gasteiger partial charge in [0.05, 0.1) is 10.5 Å². The second-order valence-corrected chi connectivity index (χ2v) is 10.3. The van der Waals surface area contributed by atoms with E-state index < -0.39 is 27.9 Å². The Hall–Kier alpha value is -2.14. The monoisotopic (exact) mass is 486 g/mol. The average molecular weight is 487 g/mol. The molecule has 0 amide bonds. The summed E-state index contributed by atoms with van der Waals surface area (Å²) in [6, 6.07) is 11.4. The average Bonchev–Trinajstić information content (AvgIpc) is 2.77. The third kappa shape index (κ3) is 6.47. The fraction of sp³-hybridized carbons (Fsp3) is 0.478. The number of benzene rings is 2. The maximum Gasteiger partial charge on any atom is 0.416 e. The van der Waals surface area contributed by atoms with Crippen molar-refractivity contribution >= 4 is 10.0 Å². The van der Waals surface area contributed by atoms with Crippen molar-refractivity contribution < 1.29 is 31.4 Å². The van der Waals surface area contributed by atoms with E-state index >= 15 is 0 Å². The first-order valence-electron chi connectivity index (χ1n) is 10.8. The summed E-state index contributed by atoms with van der Waals surface area (Å²) in [7, 11) is -4.04. The van der Waals surface area contributed by atoms with Gasteiger partial charge in [0.1, 0.15) is 18.5 Å². The standard InChI is InChI=1S/C23H29F3N2O4S/c1-17(2)21-8-3-4-9-22(21)32-16-19(29)15-27-10-12-28(13-11-27)33(30,31)20-7-5-6-18(14-20)23(24,25)26/h3-9,14,17,19,29H,10-13,15-16H2,1-2H3. The van der Waals surface area contributed by atoms with E-state index in [2.05, 4.69) is 13.8 Å². The van der Waals surface area contributed by atoms with Crippen LogP contribution in [0.25, 0.3) is 0 Å². The van der Waals surface area contributed by atoms with Gasteiger partial charge >= 0.3 is 6.18 Å². The van der Waals surface area contributed by atoms with Crippen LogP contribution in [0.5, 0.6) is 5.75 Å². The Balaban J connectivity index is 1.53. The van der Waals surface area contributed by atoms with E-state index in [-0.39, 0.29) is 30.5 Å². The lowest BCUT2D eigenvalue weighted by molar-refractivity contribution is -0.137. The van der Waals surface area contributed by atoms with Crippen molar-refractivity contribution in [1.29, 1.82) is 0 Å². The quantitative estimate of drug-likeness (QED) is 0.618. The van der Waals surface area contributed by atoms with Crippen LogP contribution in [0.15, 0.2) is 53.4 Å². The molecule has 1 unspecified atom stereocenters. The minimum Gasteiger partial charge on any atom is -0.491 e. The van der Waals surface area contributed by atoms with Crippen LogP contribution in [0.4, 0.5) is 13.2 Å². The van der Waals surface area contributed by atoms with Crippen molar-refractivity contribution in [3.05, 3.63) is 59.7 Å². The smallest absolute Gasteiger partial charge is 0.416 e. The van der Waals surface area contributed by atoms with Crippen LogP contribution in [0.3, 0.4) is 0 Å². The molecule has 0 bridgehead atoms. The van der Waals surface area contributed by atoms with Crippen LogP contribution < -0.4 is 4.74 Å². The van der Waals surface area contributed by atoms with E-state index in [0.717, 1.165) is 23.4 Å². The van der Waals surface area contributed by atoms with Gasteiger partial charge in [-0.15, -0.1) is 0 Å². The van der Waals surface area contributed by atoms with Crippen LogP contribution in [-0.4, -0.2) is 68.2 Å². The molecule has 3 rings (SSSR count). The molecule has 10 heteroatoms. The van der Waals surface area contributed by atoms with Crippen LogP contribution in [0, 0.1) is 0 Å². The molecule has 0 aromatic heterocycles. The number of aliphatic hydroxyl groups is 1. The van der Waals surface area contributed by atoms with Crippen molar-refractivity contribution in [2.75, 3.05) is 39.3 Å². The second-order valence-electron chi connectivity index (χ2n) is 8.39. The number of piperazine rings is 1. The number of hydrogen-bond donors (Lipinski definition) is 1. The summed E-state index contributed by atoms with van der Waals surface area (Å²) >= 11 is 0. The van der Waals surface area contributed by atoms with E-state index in [4.69, 9.17) is 4.74 Å². The zero-order chi connectivity index (χ0) is 24.2. The predicted octanol–water partition coefficient (Wildman–Crippen LogP) is 3.58. The lowest BCUT2D eigenvalue weighted by atomic mass is 10.0. The molecule has 182 valence electrons. The molecule has 1 atom stereocenters. The molecule has 0 radical (unpaired) electrons. The second kappa shape index (κ2) is 10.4. The third-order valence-corrected chi connectivity index (χ3v) is 7.47. The minimum absolute atomic E-state index is 0.104. The third-order valence-electron chi connectivity index (χ3n) is 5.57. The molecule has 1 N–H and O–H groups in total. The van der Waals surface area contributed by atoms with Crippen molar-refractivity contribution in [2.45, 2.75) is 36.9 Å². The van der Waals surface area contributed by atoms with Crippen molar-refractivity contribution in [2.24, 2.45) is 0 Å². The fourth-order valence-corrected chi connectivity index (χ4v) is 5.23. The Morgan fingerprint density at radius 3 is 2.33 bits per heavy atom. The summed E-state index contributed by atoms with van der Waals surface area (Å²) in [4.78, 5) is 1.54. The van der Waals surface area contributed by atoms with Crippen LogP contribution in [0.1, 0.15) is 30.9 Å². The number of alkyl halides is 3. The number of rotatable bonds is 8. The number of ether oxygens (including phenoxy) is 1. The fourth-order valence-electron chi connectivity index (χ4n) is 3.76. The van der Waals surface area contributed by atoms with Gasteiger partial charge in [-0.25, -0.2) is 8.42 Å². The number of β-amino-alcohol motifs (C(OH)–C–C–N with tert-alkyl or cyclic N) is 1. The van der Waals surface area contributed by atoms with E-state index in [1.165, 1.54) is 10.4 Å². The molecule has 1 aliphatic rings. The van der Waals surface area contributed by atoms with Crippen LogP contribution in [-0.2, 0) is 16.2 Å². The molecule has 1 heterocycles. The van der Waals surface area contributed by atoms with Gasteiger partial charge in [0.15, 0.2) is 0 Å². The highest BCUT2D eigenvalue weighted by atomic mass is 32.2. The molecule has 2 aromatic rings. The largest absolute Gasteiger partial charge is 0.491 e. The van der Waals surface area contributed by atoms with Crippen molar-refractivity contribution in [3.8, 4) is 5.75 Å². The number of hydrogen-bond acceptors (Lipinski definition) is 5. The molecule has 6 nitrogen and oxygen atoms in total. The van der Waals surface area contributed by atoms with Crippen LogP contribution in [0.2, 0.25) is 0 Å². The number of halogens is 3. The van der Waals surface area contributed by atoms with Gasteiger partial charge in [-0.2, -0.15) is 17.5 Å². The molecule has 0 spiro atoms. The summed E-state index contributed by atoms with van der Waals surface area (Å²) in [5.41, 5.74) is 0.0579. The number of sulfonamides is 1. The number of para-hydroxylation sites is 1. The molecule has 1 fully saturated rings. The molecular weight excluding hydrogens is 457 g/mol. The summed E-state index contributed by atoms with van der Waals surface area (Å²) in [5, 5.41) is 10.4. The van der Waals surface area contributed by atoms with E-state index in [0.29, 0.717) is 25.7 Å². The summed E-state index contributed by atoms with van der Waals surface area (Å²) < 4.78 is 71.5. The summed E-state index contributed by atoms with van der Waals surface area (Å²) in [6.07, 6.45) is -5.38. The first-order valence-corrected chi connectivity index (χ1v) is 12.2. The van der Waals surface area contributed by atoms with E-state index in [1.54, 1.807) is 0 Å². The Labute approximate surface area is 192 Å². The highest BCUT2D eigenvalue weighted by Gasteiger charge is 2.34. The van der Waals surface area contributed by atoms with E-state index in [9.17, 15) is 26.7 Å². The number of aliphatic hydroxyl groups excluding tert-OH is 1. The van der Waals surface area contributed by atoms with Crippen molar-refractivity contribution in [3.63, 3.8) is 0 Å². The molecule has 33 heavy (non-hydrogen) atoms. The van der Waals surface area contributed by atoms with Gasteiger partial charge < -0.3 is 9.84 Å². The van der Waals surface area contributed by atoms with E-state index in [1.807, 2.05) is 29.2 Å².